The maximum Gasteiger partial charge on any atom is 0.407 e. The van der Waals surface area contributed by atoms with Crippen molar-refractivity contribution in [3.63, 3.8) is 0 Å². The van der Waals surface area contributed by atoms with E-state index in [0.29, 0.717) is 26.6 Å². The summed E-state index contributed by atoms with van der Waals surface area (Å²) in [6.07, 6.45) is -3.85. The van der Waals surface area contributed by atoms with Gasteiger partial charge in [-0.25, -0.2) is 13.6 Å². The number of fused-ring (bicyclic) bond motifs is 3. The number of hydrogen-bond acceptors (Lipinski definition) is 14. The van der Waals surface area contributed by atoms with E-state index in [1.165, 1.54) is 116 Å². The number of aliphatic carboxylic acids is 1. The zero-order valence-electron chi connectivity index (χ0n) is 48.2. The number of ether oxygens (including phenoxy) is 1. The van der Waals surface area contributed by atoms with Crippen LogP contribution in [0.2, 0.25) is 0 Å². The molecule has 0 fully saturated rings. The van der Waals surface area contributed by atoms with Gasteiger partial charge in [-0.1, -0.05) is 72.8 Å². The van der Waals surface area contributed by atoms with Crippen molar-refractivity contribution in [2.45, 2.75) is 48.9 Å². The number of amides is 3. The molecule has 29 heteroatoms. The quantitative estimate of drug-likeness (QED) is 0.0399. The summed E-state index contributed by atoms with van der Waals surface area (Å²) in [6, 6.07) is 36.0. The minimum Gasteiger partial charge on any atom is -0.481 e. The van der Waals surface area contributed by atoms with Gasteiger partial charge in [0.25, 0.3) is 11.8 Å². The van der Waals surface area contributed by atoms with Crippen LogP contribution in [0, 0.1) is 34.3 Å². The van der Waals surface area contributed by atoms with Crippen LogP contribution in [0.5, 0.6) is 0 Å². The van der Waals surface area contributed by atoms with Gasteiger partial charge in [-0.15, -0.1) is 0 Å². The number of halogens is 11. The first kappa shape index (κ1) is 69.7. The van der Waals surface area contributed by atoms with Crippen LogP contribution in [0.4, 0.5) is 59.7 Å². The molecular formula is C65H47F11N10O8. The lowest BCUT2D eigenvalue weighted by atomic mass is 9.79. The Bertz CT molecular complexity index is 4170. The Labute approximate surface area is 526 Å². The standard InChI is InChI=1S/C24H16F4N4O2.C17H13F3N2O3.C9H6O3.C8H7F3N2.C7H5FN2/c25-19-8-7-16(10-15(19)11-29)31-22(33)20-17-5-1-2-6-18(17)23(34)32(13-24(26,27)28)21(20)14-4-3-9-30-12-14;18-17(19,20)9-22-14(10-4-3-7-21-8-10)13(16(24)25)11-5-1-2-6-12(11)15(22)23;10-8-5-6-3-1-2-4-7(6)9(11)12-8;9-8(10,11)6-13-5-7-2-1-3-12-4-7;8-7-2-1-6(10)3-5(7)4-9/h1-10,12,20-21H,13H2,(H,31,33);1-8,13-14H,9H2,(H,24,25);1-4H,5H2;1-5H,6H2;1-3H,10H2/t20-,21+;13-,14+;;;/m11.../s1. The van der Waals surface area contributed by atoms with Gasteiger partial charge in [0.2, 0.25) is 5.91 Å². The fraction of sp³-hybridized carbons (Fsp3) is 0.169. The molecule has 11 rings (SSSR count). The number of nitrogens with one attached hydrogen (secondary N) is 1. The SMILES string of the molecule is FC(F)(F)CN=Cc1cccnc1.N#Cc1cc(N)ccc1F.N#Cc1cc(NC(=O)[C@@H]2c3ccccc3C(=O)N(CC(F)(F)F)[C@H]2c2cccnc2)ccc1F.O=C(O)[C@@H]1c2ccccc2C(=O)N(CC(F)(F)F)[C@H]1c1cccnc1.O=C1Cc2ccccc2C(=O)O1. The molecule has 3 aromatic heterocycles. The van der Waals surface area contributed by atoms with Crippen molar-refractivity contribution in [1.29, 1.82) is 10.5 Å². The maximum atomic E-state index is 13.7. The van der Waals surface area contributed by atoms with E-state index in [1.807, 2.05) is 0 Å². The van der Waals surface area contributed by atoms with E-state index in [4.69, 9.17) is 16.3 Å². The van der Waals surface area contributed by atoms with Crippen molar-refractivity contribution in [3.8, 4) is 12.1 Å². The topological polar surface area (TPSA) is 275 Å². The molecule has 0 radical (unpaired) electrons. The van der Waals surface area contributed by atoms with Crippen LogP contribution in [0.25, 0.3) is 0 Å². The third-order valence-corrected chi connectivity index (χ3v) is 13.6. The summed E-state index contributed by atoms with van der Waals surface area (Å²) in [6.45, 7) is -4.26. The highest BCUT2D eigenvalue weighted by atomic mass is 19.4. The monoisotopic (exact) mass is 1300 g/mol. The van der Waals surface area contributed by atoms with Gasteiger partial charge in [-0.05, 0) is 101 Å². The Hall–Kier alpha value is -11.8. The van der Waals surface area contributed by atoms with Crippen molar-refractivity contribution >= 4 is 53.2 Å². The van der Waals surface area contributed by atoms with Crippen molar-refractivity contribution < 1.29 is 86.9 Å². The van der Waals surface area contributed by atoms with Gasteiger partial charge in [0.15, 0.2) is 0 Å². The molecule has 3 aliphatic rings. The van der Waals surface area contributed by atoms with Gasteiger partial charge < -0.3 is 30.7 Å². The number of hydrogen-bond donors (Lipinski definition) is 3. The summed E-state index contributed by atoms with van der Waals surface area (Å²) in [5.74, 6) is -8.62. The minimum atomic E-state index is -4.72. The molecule has 6 heterocycles. The highest BCUT2D eigenvalue weighted by molar-refractivity contribution is 6.05. The van der Waals surface area contributed by atoms with E-state index in [2.05, 4.69) is 30.0 Å². The van der Waals surface area contributed by atoms with Gasteiger partial charge in [0, 0.05) is 71.5 Å². The number of rotatable bonds is 9. The molecule has 0 bridgehead atoms. The molecule has 0 saturated heterocycles. The summed E-state index contributed by atoms with van der Waals surface area (Å²) in [5, 5.41) is 29.6. The van der Waals surface area contributed by atoms with Gasteiger partial charge in [-0.2, -0.15) is 50.0 Å². The van der Waals surface area contributed by atoms with Crippen molar-refractivity contribution in [2.24, 2.45) is 4.99 Å². The van der Waals surface area contributed by atoms with E-state index in [1.54, 1.807) is 66.9 Å². The maximum absolute atomic E-state index is 13.7. The average molecular weight is 1310 g/mol. The first-order chi connectivity index (χ1) is 44.6. The van der Waals surface area contributed by atoms with Gasteiger partial charge >= 0.3 is 36.4 Å². The minimum absolute atomic E-state index is 0.0139. The number of carbonyl (C=O) groups excluding carboxylic acids is 5. The highest BCUT2D eigenvalue weighted by Gasteiger charge is 2.49. The number of benzene rings is 5. The summed E-state index contributed by atoms with van der Waals surface area (Å²) in [7, 11) is 0. The van der Waals surface area contributed by atoms with Gasteiger partial charge in [0.05, 0.1) is 41.1 Å². The highest BCUT2D eigenvalue weighted by Crippen LogP contribution is 2.46. The number of carboxylic acid groups (broad SMARTS) is 1. The number of anilines is 2. The lowest BCUT2D eigenvalue weighted by molar-refractivity contribution is -0.153. The molecule has 0 aliphatic carbocycles. The number of aliphatic imine (C=N–C) groups is 1. The molecule has 3 amide bonds. The summed E-state index contributed by atoms with van der Waals surface area (Å²) in [4.78, 5) is 88.9. The lowest BCUT2D eigenvalue weighted by Gasteiger charge is -2.41. The Balaban J connectivity index is 0.000000181. The fourth-order valence-corrected chi connectivity index (χ4v) is 9.78. The van der Waals surface area contributed by atoms with Crippen LogP contribution in [-0.2, 0) is 25.5 Å². The average Bonchev–Trinajstić information content (AvgIpc) is 0.754. The smallest absolute Gasteiger partial charge is 0.407 e. The van der Waals surface area contributed by atoms with Crippen molar-refractivity contribution in [2.75, 3.05) is 30.7 Å². The fourth-order valence-electron chi connectivity index (χ4n) is 9.78. The van der Waals surface area contributed by atoms with Crippen LogP contribution >= 0.6 is 0 Å². The lowest BCUT2D eigenvalue weighted by Crippen LogP contribution is -2.49. The molecule has 3 aliphatic heterocycles. The number of nitrogens with two attached hydrogens (primary N) is 1. The molecule has 4 N–H and O–H groups in total. The molecule has 5 aromatic carbocycles. The molecule has 0 spiro atoms. The normalized spacial score (nSPS) is 16.4. The van der Waals surface area contributed by atoms with Crippen molar-refractivity contribution in [1.82, 2.24) is 24.8 Å². The predicted molar refractivity (Wildman–Crippen MR) is 313 cm³/mol. The largest absolute Gasteiger partial charge is 0.481 e. The number of aromatic nitrogens is 3. The second kappa shape index (κ2) is 30.8. The molecule has 4 atom stereocenters. The number of pyridine rings is 3. The second-order valence-electron chi connectivity index (χ2n) is 20.1. The number of carboxylic acids is 1. The summed E-state index contributed by atoms with van der Waals surface area (Å²) >= 11 is 0. The van der Waals surface area contributed by atoms with Gasteiger partial charge in [0.1, 0.15) is 49.3 Å². The van der Waals surface area contributed by atoms with E-state index in [-0.39, 0.29) is 56.6 Å². The zero-order valence-corrected chi connectivity index (χ0v) is 48.2. The number of esters is 2. The Kier molecular flexibility index (Phi) is 22.9. The van der Waals surface area contributed by atoms with Crippen LogP contribution < -0.4 is 11.1 Å². The van der Waals surface area contributed by atoms with Crippen LogP contribution in [-0.4, -0.2) is 110 Å². The number of nitrogens with zero attached hydrogens (tertiary/aromatic N) is 8. The third kappa shape index (κ3) is 18.7. The van der Waals surface area contributed by atoms with Gasteiger partial charge in [-0.3, -0.25) is 43.9 Å². The van der Waals surface area contributed by atoms with Crippen LogP contribution in [0.1, 0.15) is 99.5 Å². The number of carbonyl (C=O) groups is 6. The van der Waals surface area contributed by atoms with E-state index >= 15 is 0 Å². The molecule has 482 valence electrons. The van der Waals surface area contributed by atoms with E-state index < -0.39 is 109 Å². The predicted octanol–water partition coefficient (Wildman–Crippen LogP) is 11.9. The molecule has 0 unspecified atom stereocenters. The third-order valence-electron chi connectivity index (χ3n) is 13.6. The van der Waals surface area contributed by atoms with Crippen LogP contribution in [0.15, 0.2) is 188 Å². The van der Waals surface area contributed by atoms with Crippen molar-refractivity contribution in [3.05, 3.63) is 256 Å². The van der Waals surface area contributed by atoms with E-state index in [0.717, 1.165) is 23.9 Å². The first-order valence-corrected chi connectivity index (χ1v) is 27.3. The second-order valence-corrected chi connectivity index (χ2v) is 20.1. The van der Waals surface area contributed by atoms with Crippen LogP contribution in [0.3, 0.4) is 0 Å². The molecule has 8 aromatic rings. The first-order valence-electron chi connectivity index (χ1n) is 27.3. The summed E-state index contributed by atoms with van der Waals surface area (Å²) < 4.78 is 145. The zero-order chi connectivity index (χ0) is 68.5. The summed E-state index contributed by atoms with van der Waals surface area (Å²) in [5.41, 5.74) is 8.14. The Morgan fingerprint density at radius 2 is 1.10 bits per heavy atom. The molecular weight excluding hydrogens is 1260 g/mol. The number of alkyl halides is 9. The van der Waals surface area contributed by atoms with E-state index in [9.17, 15) is 82.2 Å². The molecule has 0 saturated carbocycles. The number of cyclic esters (lactones) is 2. The molecule has 94 heavy (non-hydrogen) atoms. The number of nitrogen functional groups attached to an aromatic ring is 1. The number of nitriles is 2. The molecule has 18 nitrogen and oxygen atoms in total. The Morgan fingerprint density at radius 3 is 1.57 bits per heavy atom. The Morgan fingerprint density at radius 1 is 0.617 bits per heavy atom.